The van der Waals surface area contributed by atoms with Crippen molar-refractivity contribution >= 4 is 53.6 Å². The van der Waals surface area contributed by atoms with Gasteiger partial charge in [0.15, 0.2) is 0 Å². The minimum Gasteiger partial charge on any atom is -0.287 e. The average Bonchev–Trinajstić information content (AvgIpc) is 2.70. The van der Waals surface area contributed by atoms with Crippen molar-refractivity contribution in [3.05, 3.63) is 49.1 Å². The van der Waals surface area contributed by atoms with Crippen LogP contribution >= 0.6 is 47.8 Å². The molecule has 0 aliphatic heterocycles. The maximum Gasteiger partial charge on any atom is 0.213 e. The summed E-state index contributed by atoms with van der Waals surface area (Å²) < 4.78 is 4.12. The lowest BCUT2D eigenvalue weighted by atomic mass is 10.1. The van der Waals surface area contributed by atoms with Crippen molar-refractivity contribution < 1.29 is 4.79 Å². The van der Waals surface area contributed by atoms with Crippen molar-refractivity contribution in [1.29, 1.82) is 0 Å². The zero-order valence-electron chi connectivity index (χ0n) is 10.3. The fourth-order valence-electron chi connectivity index (χ4n) is 1.75. The molecule has 0 saturated carbocycles. The lowest BCUT2D eigenvalue weighted by Crippen LogP contribution is -2.14. The van der Waals surface area contributed by atoms with Crippen LogP contribution in [-0.2, 0) is 0 Å². The summed E-state index contributed by atoms with van der Waals surface area (Å²) in [7, 11) is 0. The molecule has 0 unspecified atom stereocenters. The number of benzene rings is 1. The molecule has 1 aromatic heterocycles. The minimum atomic E-state index is -0.0579. The molecule has 0 atom stereocenters. The van der Waals surface area contributed by atoms with E-state index in [0.717, 1.165) is 8.95 Å². The summed E-state index contributed by atoms with van der Waals surface area (Å²) in [5.74, 6) is -0.0579. The molecule has 6 heteroatoms. The summed E-state index contributed by atoms with van der Waals surface area (Å²) in [6.07, 6.45) is 1.65. The lowest BCUT2D eigenvalue weighted by Gasteiger charge is -2.11. The first-order valence-corrected chi connectivity index (χ1v) is 8.02. The van der Waals surface area contributed by atoms with Gasteiger partial charge < -0.3 is 0 Å². The monoisotopic (exact) mass is 448 g/mol. The molecule has 19 heavy (non-hydrogen) atoms. The Hall–Kier alpha value is -0.460. The van der Waals surface area contributed by atoms with Crippen molar-refractivity contribution in [1.82, 2.24) is 9.78 Å². The number of hydrogen-bond donors (Lipinski definition) is 0. The first-order valence-electron chi connectivity index (χ1n) is 5.64. The second kappa shape index (κ2) is 5.89. The highest BCUT2D eigenvalue weighted by Crippen LogP contribution is 2.28. The van der Waals surface area contributed by atoms with Gasteiger partial charge in [0.05, 0.1) is 10.7 Å². The van der Waals surface area contributed by atoms with Crippen LogP contribution in [0.5, 0.6) is 0 Å². The topological polar surface area (TPSA) is 34.9 Å². The Bertz CT molecular complexity index is 635. The Kier molecular flexibility index (Phi) is 4.63. The summed E-state index contributed by atoms with van der Waals surface area (Å²) in [6.45, 7) is 3.99. The third-order valence-electron chi connectivity index (χ3n) is 2.63. The highest BCUT2D eigenvalue weighted by Gasteiger charge is 2.22. The quantitative estimate of drug-likeness (QED) is 0.618. The molecule has 2 aromatic rings. The van der Waals surface area contributed by atoms with Gasteiger partial charge in [0, 0.05) is 20.6 Å². The van der Waals surface area contributed by atoms with E-state index in [4.69, 9.17) is 0 Å². The summed E-state index contributed by atoms with van der Waals surface area (Å²) in [4.78, 5) is 12.6. The zero-order valence-corrected chi connectivity index (χ0v) is 15.1. The van der Waals surface area contributed by atoms with Crippen LogP contribution in [0.25, 0.3) is 0 Å². The van der Waals surface area contributed by atoms with Gasteiger partial charge in [-0.1, -0.05) is 15.9 Å². The van der Waals surface area contributed by atoms with Crippen molar-refractivity contribution in [2.75, 3.05) is 0 Å². The van der Waals surface area contributed by atoms with Crippen LogP contribution in [0.3, 0.4) is 0 Å². The van der Waals surface area contributed by atoms with E-state index in [1.165, 1.54) is 0 Å². The number of halogens is 3. The summed E-state index contributed by atoms with van der Waals surface area (Å²) in [6, 6.07) is 5.62. The standard InChI is InChI=1S/C13H11Br3N2O/c1-7(2)18-12(11(16)6-17-18)13(19)9-4-3-8(14)5-10(9)15/h3-7H,1-2H3. The molecular formula is C13H11Br3N2O. The number of nitrogens with zero attached hydrogens (tertiary/aromatic N) is 2. The van der Waals surface area contributed by atoms with Gasteiger partial charge in [-0.15, -0.1) is 0 Å². The maximum atomic E-state index is 12.6. The second-order valence-electron chi connectivity index (χ2n) is 4.33. The van der Waals surface area contributed by atoms with Crippen LogP contribution in [0.4, 0.5) is 0 Å². The number of hydrogen-bond acceptors (Lipinski definition) is 2. The predicted molar refractivity (Wildman–Crippen MR) is 85.6 cm³/mol. The number of carbonyl (C=O) groups excluding carboxylic acids is 1. The molecule has 1 aromatic carbocycles. The first-order chi connectivity index (χ1) is 8.91. The Morgan fingerprint density at radius 1 is 1.21 bits per heavy atom. The normalized spacial score (nSPS) is 11.1. The molecule has 1 heterocycles. The highest BCUT2D eigenvalue weighted by atomic mass is 79.9. The number of rotatable bonds is 3. The van der Waals surface area contributed by atoms with E-state index in [1.807, 2.05) is 26.0 Å². The van der Waals surface area contributed by atoms with E-state index in [0.29, 0.717) is 15.7 Å². The minimum absolute atomic E-state index is 0.0579. The van der Waals surface area contributed by atoms with E-state index < -0.39 is 0 Å². The molecule has 0 spiro atoms. The van der Waals surface area contributed by atoms with Gasteiger partial charge in [0.25, 0.3) is 0 Å². The molecule has 0 bridgehead atoms. The van der Waals surface area contributed by atoms with E-state index in [-0.39, 0.29) is 11.8 Å². The summed E-state index contributed by atoms with van der Waals surface area (Å²) in [5.41, 5.74) is 1.18. The van der Waals surface area contributed by atoms with Gasteiger partial charge >= 0.3 is 0 Å². The van der Waals surface area contributed by atoms with Crippen molar-refractivity contribution in [2.45, 2.75) is 19.9 Å². The first kappa shape index (κ1) is 14.9. The van der Waals surface area contributed by atoms with E-state index in [9.17, 15) is 4.79 Å². The largest absolute Gasteiger partial charge is 0.287 e. The van der Waals surface area contributed by atoms with Crippen molar-refractivity contribution in [2.24, 2.45) is 0 Å². The van der Waals surface area contributed by atoms with Crippen LogP contribution in [-0.4, -0.2) is 15.6 Å². The molecule has 0 aliphatic rings. The van der Waals surface area contributed by atoms with E-state index >= 15 is 0 Å². The average molecular weight is 451 g/mol. The van der Waals surface area contributed by atoms with Crippen LogP contribution in [0, 0.1) is 0 Å². The third-order valence-corrected chi connectivity index (χ3v) is 4.36. The Morgan fingerprint density at radius 3 is 2.47 bits per heavy atom. The van der Waals surface area contributed by atoms with E-state index in [1.54, 1.807) is 16.9 Å². The summed E-state index contributed by atoms with van der Waals surface area (Å²) >= 11 is 10.2. The number of carbonyl (C=O) groups is 1. The van der Waals surface area contributed by atoms with Gasteiger partial charge in [-0.2, -0.15) is 5.10 Å². The van der Waals surface area contributed by atoms with Gasteiger partial charge in [0.2, 0.25) is 5.78 Å². The van der Waals surface area contributed by atoms with Crippen LogP contribution in [0.15, 0.2) is 37.8 Å². The molecule has 3 nitrogen and oxygen atoms in total. The maximum absolute atomic E-state index is 12.6. The smallest absolute Gasteiger partial charge is 0.213 e. The van der Waals surface area contributed by atoms with Gasteiger partial charge in [-0.05, 0) is 63.9 Å². The lowest BCUT2D eigenvalue weighted by molar-refractivity contribution is 0.102. The van der Waals surface area contributed by atoms with Gasteiger partial charge in [-0.25, -0.2) is 0 Å². The molecule has 0 radical (unpaired) electrons. The molecule has 2 rings (SSSR count). The Morgan fingerprint density at radius 2 is 1.89 bits per heavy atom. The van der Waals surface area contributed by atoms with Crippen molar-refractivity contribution in [3.8, 4) is 0 Å². The molecule has 0 aliphatic carbocycles. The Labute approximate surface area is 136 Å². The predicted octanol–water partition coefficient (Wildman–Crippen LogP) is 4.98. The van der Waals surface area contributed by atoms with E-state index in [2.05, 4.69) is 52.9 Å². The fourth-order valence-corrected chi connectivity index (χ4v) is 3.43. The van der Waals surface area contributed by atoms with Crippen LogP contribution in [0.1, 0.15) is 35.9 Å². The van der Waals surface area contributed by atoms with Gasteiger partial charge in [-0.3, -0.25) is 9.48 Å². The highest BCUT2D eigenvalue weighted by molar-refractivity contribution is 9.11. The molecule has 0 saturated heterocycles. The molecule has 100 valence electrons. The second-order valence-corrected chi connectivity index (χ2v) is 6.96. The molecule has 0 N–H and O–H groups in total. The molecular weight excluding hydrogens is 440 g/mol. The van der Waals surface area contributed by atoms with Crippen molar-refractivity contribution in [3.63, 3.8) is 0 Å². The number of ketones is 1. The Balaban J connectivity index is 2.53. The van der Waals surface area contributed by atoms with Gasteiger partial charge in [0.1, 0.15) is 5.69 Å². The van der Waals surface area contributed by atoms with Crippen LogP contribution in [0.2, 0.25) is 0 Å². The SMILES string of the molecule is CC(C)n1ncc(Br)c1C(=O)c1ccc(Br)cc1Br. The fraction of sp³-hybridized carbons (Fsp3) is 0.231. The number of aromatic nitrogens is 2. The third kappa shape index (κ3) is 3.01. The summed E-state index contributed by atoms with van der Waals surface area (Å²) in [5, 5.41) is 4.23. The molecule has 0 amide bonds. The zero-order chi connectivity index (χ0) is 14.2. The van der Waals surface area contributed by atoms with Crippen LogP contribution < -0.4 is 0 Å². The molecule has 0 fully saturated rings.